The number of anilines is 1. The zero-order valence-corrected chi connectivity index (χ0v) is 18.2. The van der Waals surface area contributed by atoms with Crippen LogP contribution in [0.25, 0.3) is 21.8 Å². The van der Waals surface area contributed by atoms with Crippen LogP contribution in [-0.2, 0) is 4.79 Å². The third-order valence-electron chi connectivity index (χ3n) is 4.43. The summed E-state index contributed by atoms with van der Waals surface area (Å²) in [4.78, 5) is 29.5. The molecule has 0 aliphatic heterocycles. The van der Waals surface area contributed by atoms with Gasteiger partial charge in [-0.2, -0.15) is 0 Å². The monoisotopic (exact) mass is 452 g/mol. The van der Waals surface area contributed by atoms with Gasteiger partial charge < -0.3 is 5.32 Å². The number of halogens is 1. The summed E-state index contributed by atoms with van der Waals surface area (Å²) in [6.07, 6.45) is 0.367. The number of carbonyl (C=O) groups excluding carboxylic acids is 2. The van der Waals surface area contributed by atoms with Crippen molar-refractivity contribution in [1.29, 1.82) is 0 Å². The van der Waals surface area contributed by atoms with Gasteiger partial charge in [0.05, 0.1) is 10.6 Å². The molecule has 0 saturated heterocycles. The van der Waals surface area contributed by atoms with Gasteiger partial charge in [-0.1, -0.05) is 41.9 Å². The lowest BCUT2D eigenvalue weighted by Crippen LogP contribution is -2.13. The molecule has 2 aromatic carbocycles. The maximum atomic E-state index is 12.1. The van der Waals surface area contributed by atoms with E-state index in [0.29, 0.717) is 15.6 Å². The number of hydrogen-bond donors (Lipinski definition) is 1. The van der Waals surface area contributed by atoms with E-state index in [4.69, 9.17) is 16.6 Å². The van der Waals surface area contributed by atoms with E-state index >= 15 is 0 Å². The van der Waals surface area contributed by atoms with Crippen LogP contribution >= 0.6 is 34.3 Å². The van der Waals surface area contributed by atoms with Crippen LogP contribution in [0.3, 0.4) is 0 Å². The van der Waals surface area contributed by atoms with E-state index in [9.17, 15) is 9.59 Å². The molecule has 0 spiro atoms. The molecule has 4 rings (SSSR count). The minimum absolute atomic E-state index is 0.00415. The number of hydrogen-bond acceptors (Lipinski definition) is 5. The van der Waals surface area contributed by atoms with Gasteiger partial charge in [0.15, 0.2) is 5.78 Å². The molecule has 0 aliphatic rings. The maximum Gasteiger partial charge on any atom is 0.224 e. The normalized spacial score (nSPS) is 10.7. The van der Waals surface area contributed by atoms with Crippen molar-refractivity contribution in [1.82, 2.24) is 4.98 Å². The molecule has 30 heavy (non-hydrogen) atoms. The molecule has 7 heteroatoms. The van der Waals surface area contributed by atoms with Gasteiger partial charge in [0, 0.05) is 40.1 Å². The first-order valence-corrected chi connectivity index (χ1v) is 11.4. The Kier molecular flexibility index (Phi) is 6.38. The van der Waals surface area contributed by atoms with Gasteiger partial charge in [0.1, 0.15) is 5.01 Å². The number of benzene rings is 2. The summed E-state index contributed by atoms with van der Waals surface area (Å²) in [5, 5.41) is 8.33. The Labute approximate surface area is 187 Å². The summed E-state index contributed by atoms with van der Waals surface area (Å²) >= 11 is 8.91. The van der Waals surface area contributed by atoms with Crippen molar-refractivity contribution < 1.29 is 9.59 Å². The predicted molar refractivity (Wildman–Crippen MR) is 125 cm³/mol. The highest BCUT2D eigenvalue weighted by Gasteiger charge is 2.11. The van der Waals surface area contributed by atoms with E-state index in [0.717, 1.165) is 21.8 Å². The summed E-state index contributed by atoms with van der Waals surface area (Å²) < 4.78 is 0. The fourth-order valence-corrected chi connectivity index (χ4v) is 4.52. The number of carbonyl (C=O) groups is 2. The third kappa shape index (κ3) is 5.02. The molecule has 4 aromatic rings. The number of nitrogens with one attached hydrogen (secondary N) is 1. The molecule has 1 N–H and O–H groups in total. The van der Waals surface area contributed by atoms with Gasteiger partial charge in [0.2, 0.25) is 5.91 Å². The first kappa shape index (κ1) is 20.5. The molecule has 0 atom stereocenters. The topological polar surface area (TPSA) is 59.1 Å². The Balaban J connectivity index is 1.35. The Bertz CT molecular complexity index is 1150. The van der Waals surface area contributed by atoms with Gasteiger partial charge in [-0.25, -0.2) is 4.98 Å². The molecule has 0 bridgehead atoms. The Morgan fingerprint density at radius 3 is 2.33 bits per heavy atom. The summed E-state index contributed by atoms with van der Waals surface area (Å²) in [6, 6.07) is 18.7. The number of thiazole rings is 1. The van der Waals surface area contributed by atoms with Crippen molar-refractivity contribution in [2.75, 3.05) is 5.32 Å². The average molecular weight is 453 g/mol. The minimum Gasteiger partial charge on any atom is -0.326 e. The fourth-order valence-electron chi connectivity index (χ4n) is 2.87. The van der Waals surface area contributed by atoms with E-state index in [-0.39, 0.29) is 24.5 Å². The zero-order valence-electron chi connectivity index (χ0n) is 15.8. The molecule has 0 aliphatic carbocycles. The van der Waals surface area contributed by atoms with Crippen molar-refractivity contribution in [3.8, 4) is 21.8 Å². The lowest BCUT2D eigenvalue weighted by molar-refractivity contribution is -0.116. The van der Waals surface area contributed by atoms with Crippen LogP contribution < -0.4 is 5.32 Å². The molecular formula is C23H17ClN2O2S2. The average Bonchev–Trinajstić information content (AvgIpc) is 3.46. The highest BCUT2D eigenvalue weighted by atomic mass is 35.5. The molecular weight excluding hydrogens is 436 g/mol. The molecule has 0 fully saturated rings. The van der Waals surface area contributed by atoms with Gasteiger partial charge in [-0.15, -0.1) is 22.7 Å². The molecule has 0 radical (unpaired) electrons. The standard InChI is InChI=1S/C23H17ClN2O2S2/c24-17-7-3-16(4-8-17)23-26-19(14-30-23)15-5-9-18(10-6-15)25-22(28)12-11-20(27)21-2-1-13-29-21/h1-10,13-14H,11-12H2,(H,25,28). The van der Waals surface area contributed by atoms with Crippen molar-refractivity contribution in [3.05, 3.63) is 81.3 Å². The van der Waals surface area contributed by atoms with Crippen molar-refractivity contribution in [3.63, 3.8) is 0 Å². The number of Topliss-reactive ketones (excluding diaryl/α,β-unsaturated/α-hetero) is 1. The second-order valence-electron chi connectivity index (χ2n) is 6.57. The van der Waals surface area contributed by atoms with E-state index in [2.05, 4.69) is 5.32 Å². The Morgan fingerprint density at radius 2 is 1.63 bits per heavy atom. The number of thiophene rings is 1. The summed E-state index contributed by atoms with van der Waals surface area (Å²) in [6.45, 7) is 0. The number of rotatable bonds is 7. The SMILES string of the molecule is O=C(CCC(=O)c1cccs1)Nc1ccc(-c2csc(-c3ccc(Cl)cc3)n2)cc1. The van der Waals surface area contributed by atoms with Crippen LogP contribution in [-0.4, -0.2) is 16.7 Å². The first-order chi connectivity index (χ1) is 14.6. The maximum absolute atomic E-state index is 12.1. The quantitative estimate of drug-likeness (QED) is 0.314. The minimum atomic E-state index is -0.175. The summed E-state index contributed by atoms with van der Waals surface area (Å²) in [5.74, 6) is -0.179. The number of amides is 1. The van der Waals surface area contributed by atoms with E-state index in [1.165, 1.54) is 11.3 Å². The second-order valence-corrected chi connectivity index (χ2v) is 8.81. The number of ketones is 1. The van der Waals surface area contributed by atoms with Gasteiger partial charge in [-0.3, -0.25) is 9.59 Å². The highest BCUT2D eigenvalue weighted by molar-refractivity contribution is 7.13. The van der Waals surface area contributed by atoms with E-state index < -0.39 is 0 Å². The lowest BCUT2D eigenvalue weighted by Gasteiger charge is -2.05. The third-order valence-corrected chi connectivity index (χ3v) is 6.49. The molecule has 2 aromatic heterocycles. The van der Waals surface area contributed by atoms with Gasteiger partial charge in [-0.05, 0) is 35.7 Å². The smallest absolute Gasteiger partial charge is 0.224 e. The van der Waals surface area contributed by atoms with Crippen molar-refractivity contribution >= 4 is 51.7 Å². The number of aromatic nitrogens is 1. The highest BCUT2D eigenvalue weighted by Crippen LogP contribution is 2.30. The van der Waals surface area contributed by atoms with Gasteiger partial charge >= 0.3 is 0 Å². The largest absolute Gasteiger partial charge is 0.326 e. The molecule has 0 saturated carbocycles. The second kappa shape index (κ2) is 9.34. The van der Waals surface area contributed by atoms with Crippen LogP contribution in [0.4, 0.5) is 5.69 Å². The zero-order chi connectivity index (χ0) is 20.9. The van der Waals surface area contributed by atoms with Crippen LogP contribution in [0.2, 0.25) is 5.02 Å². The fraction of sp³-hybridized carbons (Fsp3) is 0.0870. The molecule has 0 unspecified atom stereocenters. The van der Waals surface area contributed by atoms with Crippen LogP contribution in [0, 0.1) is 0 Å². The van der Waals surface area contributed by atoms with Crippen molar-refractivity contribution in [2.45, 2.75) is 12.8 Å². The Morgan fingerprint density at radius 1 is 0.900 bits per heavy atom. The first-order valence-electron chi connectivity index (χ1n) is 9.27. The van der Waals surface area contributed by atoms with Crippen molar-refractivity contribution in [2.24, 2.45) is 0 Å². The summed E-state index contributed by atoms with van der Waals surface area (Å²) in [5.41, 5.74) is 3.57. The molecule has 150 valence electrons. The van der Waals surface area contributed by atoms with Crippen LogP contribution in [0.1, 0.15) is 22.5 Å². The predicted octanol–water partition coefficient (Wildman–Crippen LogP) is 6.79. The van der Waals surface area contributed by atoms with Crippen LogP contribution in [0.15, 0.2) is 71.4 Å². The number of nitrogens with zero attached hydrogens (tertiary/aromatic N) is 1. The van der Waals surface area contributed by atoms with E-state index in [1.54, 1.807) is 17.4 Å². The van der Waals surface area contributed by atoms with Crippen LogP contribution in [0.5, 0.6) is 0 Å². The van der Waals surface area contributed by atoms with Gasteiger partial charge in [0.25, 0.3) is 0 Å². The molecule has 4 nitrogen and oxygen atoms in total. The summed E-state index contributed by atoms with van der Waals surface area (Å²) in [7, 11) is 0. The Hall–Kier alpha value is -2.80. The molecule has 2 heterocycles. The van der Waals surface area contributed by atoms with E-state index in [1.807, 2.05) is 65.4 Å². The molecule has 1 amide bonds. The lowest BCUT2D eigenvalue weighted by atomic mass is 10.1.